The molecule has 3 aromatic carbocycles. The van der Waals surface area contributed by atoms with E-state index in [9.17, 15) is 18.8 Å². The van der Waals surface area contributed by atoms with Crippen LogP contribution >= 0.6 is 0 Å². The second-order valence-corrected chi connectivity index (χ2v) is 8.13. The molecule has 0 unspecified atom stereocenters. The number of benzene rings is 3. The van der Waals surface area contributed by atoms with Gasteiger partial charge in [-0.25, -0.2) is 4.39 Å². The Bertz CT molecular complexity index is 1540. The summed E-state index contributed by atoms with van der Waals surface area (Å²) in [4.78, 5) is 39.5. The monoisotopic (exact) mass is 488 g/mol. The second kappa shape index (κ2) is 9.53. The average molecular weight is 488 g/mol. The molecule has 1 N–H and O–H groups in total. The molecular weight excluding hydrogens is 467 g/mol. The topological polar surface area (TPSA) is 95.9 Å². The molecule has 1 aromatic heterocycles. The Hall–Kier alpha value is -4.66. The maximum absolute atomic E-state index is 13.4. The fourth-order valence-electron chi connectivity index (χ4n) is 4.03. The number of amides is 1. The highest BCUT2D eigenvalue weighted by Crippen LogP contribution is 2.34. The van der Waals surface area contributed by atoms with Gasteiger partial charge in [-0.15, -0.1) is 0 Å². The summed E-state index contributed by atoms with van der Waals surface area (Å²) in [5.74, 6) is -0.0719. The van der Waals surface area contributed by atoms with Crippen LogP contribution < -0.4 is 25.0 Å². The normalized spacial score (nSPS) is 12.3. The van der Waals surface area contributed by atoms with Crippen molar-refractivity contribution in [1.82, 2.24) is 4.57 Å². The van der Waals surface area contributed by atoms with Crippen molar-refractivity contribution in [3.05, 3.63) is 94.0 Å². The van der Waals surface area contributed by atoms with Crippen molar-refractivity contribution in [3.63, 3.8) is 0 Å². The number of carbonyl (C=O) groups excluding carboxylic acids is 2. The number of methoxy groups -OCH3 is 1. The maximum atomic E-state index is 13.4. The van der Waals surface area contributed by atoms with Crippen molar-refractivity contribution in [2.45, 2.75) is 6.54 Å². The highest BCUT2D eigenvalue weighted by Gasteiger charge is 2.22. The van der Waals surface area contributed by atoms with Gasteiger partial charge in [0, 0.05) is 29.6 Å². The van der Waals surface area contributed by atoms with Crippen LogP contribution in [0.4, 0.5) is 10.1 Å². The first-order valence-corrected chi connectivity index (χ1v) is 11.1. The first-order valence-electron chi connectivity index (χ1n) is 11.1. The number of carbonyl (C=O) groups is 2. The number of ketones is 1. The molecule has 0 aliphatic carbocycles. The van der Waals surface area contributed by atoms with E-state index in [2.05, 4.69) is 5.32 Å². The largest absolute Gasteiger partial charge is 0.497 e. The molecule has 36 heavy (non-hydrogen) atoms. The van der Waals surface area contributed by atoms with Crippen LogP contribution in [0.1, 0.15) is 15.9 Å². The second-order valence-electron chi connectivity index (χ2n) is 8.13. The molecular formula is C27H21FN2O6. The highest BCUT2D eigenvalue weighted by molar-refractivity contribution is 6.10. The minimum Gasteiger partial charge on any atom is -0.497 e. The number of aromatic nitrogens is 1. The molecule has 9 heteroatoms. The summed E-state index contributed by atoms with van der Waals surface area (Å²) >= 11 is 0. The van der Waals surface area contributed by atoms with Crippen LogP contribution in [0.5, 0.6) is 17.2 Å². The molecule has 1 aliphatic rings. The molecule has 5 rings (SSSR count). The van der Waals surface area contributed by atoms with Crippen LogP contribution in [0.3, 0.4) is 0 Å². The molecule has 0 atom stereocenters. The SMILES string of the molecule is COc1cccc(NC(=O)Cn2cc(C(=O)c3ccc(F)cc3)c(=O)c3cc4c(cc32)OCCO4)c1. The van der Waals surface area contributed by atoms with Gasteiger partial charge in [-0.3, -0.25) is 14.4 Å². The molecule has 0 bridgehead atoms. The van der Waals surface area contributed by atoms with Crippen molar-refractivity contribution in [2.24, 2.45) is 0 Å². The molecule has 8 nitrogen and oxygen atoms in total. The molecule has 4 aromatic rings. The lowest BCUT2D eigenvalue weighted by Crippen LogP contribution is -2.25. The Balaban J connectivity index is 1.58. The lowest BCUT2D eigenvalue weighted by Gasteiger charge is -2.20. The van der Waals surface area contributed by atoms with Gasteiger partial charge in [0.1, 0.15) is 31.3 Å². The number of rotatable bonds is 6. The van der Waals surface area contributed by atoms with Gasteiger partial charge in [0.25, 0.3) is 0 Å². The van der Waals surface area contributed by atoms with Crippen molar-refractivity contribution in [2.75, 3.05) is 25.6 Å². The van der Waals surface area contributed by atoms with Gasteiger partial charge in [0.05, 0.1) is 23.6 Å². The van der Waals surface area contributed by atoms with Crippen LogP contribution in [0, 0.1) is 5.82 Å². The molecule has 182 valence electrons. The number of fused-ring (bicyclic) bond motifs is 2. The van der Waals surface area contributed by atoms with Crippen LogP contribution in [0.15, 0.2) is 71.7 Å². The number of hydrogen-bond donors (Lipinski definition) is 1. The van der Waals surface area contributed by atoms with E-state index in [0.29, 0.717) is 41.7 Å². The van der Waals surface area contributed by atoms with E-state index in [1.807, 2.05) is 0 Å². The molecule has 2 heterocycles. The summed E-state index contributed by atoms with van der Waals surface area (Å²) < 4.78 is 31.4. The van der Waals surface area contributed by atoms with Gasteiger partial charge in [0.15, 0.2) is 17.3 Å². The fraction of sp³-hybridized carbons (Fsp3) is 0.148. The quantitative estimate of drug-likeness (QED) is 0.415. The lowest BCUT2D eigenvalue weighted by molar-refractivity contribution is -0.116. The minimum atomic E-state index is -0.584. The molecule has 1 aliphatic heterocycles. The minimum absolute atomic E-state index is 0.151. The van der Waals surface area contributed by atoms with Gasteiger partial charge in [-0.1, -0.05) is 6.07 Å². The Morgan fingerprint density at radius 1 is 1.03 bits per heavy atom. The van der Waals surface area contributed by atoms with Crippen LogP contribution in [-0.2, 0) is 11.3 Å². The number of nitrogens with zero attached hydrogens (tertiary/aromatic N) is 1. The predicted molar refractivity (Wildman–Crippen MR) is 131 cm³/mol. The first kappa shape index (κ1) is 23.1. The summed E-state index contributed by atoms with van der Waals surface area (Å²) in [7, 11) is 1.53. The Kier molecular flexibility index (Phi) is 6.12. The molecule has 1 amide bonds. The van der Waals surface area contributed by atoms with Gasteiger partial charge >= 0.3 is 0 Å². The highest BCUT2D eigenvalue weighted by atomic mass is 19.1. The Labute approximate surface area is 204 Å². The summed E-state index contributed by atoms with van der Waals surface area (Å²) in [6.07, 6.45) is 1.34. The third-order valence-electron chi connectivity index (χ3n) is 5.76. The smallest absolute Gasteiger partial charge is 0.244 e. The van der Waals surface area contributed by atoms with Crippen LogP contribution in [0.25, 0.3) is 10.9 Å². The average Bonchev–Trinajstić information content (AvgIpc) is 2.89. The molecule has 0 fully saturated rings. The summed E-state index contributed by atoms with van der Waals surface area (Å²) in [6, 6.07) is 14.9. The van der Waals surface area contributed by atoms with E-state index in [4.69, 9.17) is 14.2 Å². The van der Waals surface area contributed by atoms with Crippen LogP contribution in [0.2, 0.25) is 0 Å². The Morgan fingerprint density at radius 3 is 2.47 bits per heavy atom. The van der Waals surface area contributed by atoms with Crippen LogP contribution in [-0.4, -0.2) is 36.6 Å². The number of halogens is 1. The number of hydrogen-bond acceptors (Lipinski definition) is 6. The predicted octanol–water partition coefficient (Wildman–Crippen LogP) is 3.79. The zero-order valence-corrected chi connectivity index (χ0v) is 19.2. The lowest BCUT2D eigenvalue weighted by atomic mass is 10.0. The zero-order valence-electron chi connectivity index (χ0n) is 19.2. The van der Waals surface area contributed by atoms with E-state index in [0.717, 1.165) is 12.1 Å². The third-order valence-corrected chi connectivity index (χ3v) is 5.76. The van der Waals surface area contributed by atoms with E-state index < -0.39 is 17.0 Å². The number of pyridine rings is 1. The third kappa shape index (κ3) is 4.50. The fourth-order valence-corrected chi connectivity index (χ4v) is 4.03. The van der Waals surface area contributed by atoms with Crippen molar-refractivity contribution >= 4 is 28.3 Å². The Morgan fingerprint density at radius 2 is 1.75 bits per heavy atom. The molecule has 0 spiro atoms. The number of nitrogens with one attached hydrogen (secondary N) is 1. The number of anilines is 1. The summed E-state index contributed by atoms with van der Waals surface area (Å²) in [5.41, 5.74) is 0.403. The van der Waals surface area contributed by atoms with E-state index >= 15 is 0 Å². The van der Waals surface area contributed by atoms with Gasteiger partial charge < -0.3 is 24.1 Å². The van der Waals surface area contributed by atoms with Crippen molar-refractivity contribution < 1.29 is 28.2 Å². The van der Waals surface area contributed by atoms with Crippen molar-refractivity contribution in [3.8, 4) is 17.2 Å². The van der Waals surface area contributed by atoms with E-state index in [1.54, 1.807) is 30.3 Å². The van der Waals surface area contributed by atoms with E-state index in [1.165, 1.54) is 36.1 Å². The molecule has 0 radical (unpaired) electrons. The maximum Gasteiger partial charge on any atom is 0.244 e. The van der Waals surface area contributed by atoms with Gasteiger partial charge in [0.2, 0.25) is 11.3 Å². The number of ether oxygens (including phenoxy) is 3. The first-order chi connectivity index (χ1) is 17.4. The zero-order chi connectivity index (χ0) is 25.2. The van der Waals surface area contributed by atoms with Crippen molar-refractivity contribution in [1.29, 1.82) is 0 Å². The standard InChI is InChI=1S/C27H21FN2O6/c1-34-19-4-2-3-18(11-19)29-25(31)15-30-14-21(26(32)16-5-7-17(28)8-6-16)27(33)20-12-23-24(13-22(20)30)36-10-9-35-23/h2-8,11-14H,9-10,15H2,1H3,(H,29,31). The summed E-state index contributed by atoms with van der Waals surface area (Å²) in [5, 5.41) is 2.99. The molecule has 0 saturated carbocycles. The summed E-state index contributed by atoms with van der Waals surface area (Å²) in [6.45, 7) is 0.474. The van der Waals surface area contributed by atoms with E-state index in [-0.39, 0.29) is 29.0 Å². The van der Waals surface area contributed by atoms with Gasteiger partial charge in [-0.2, -0.15) is 0 Å². The molecule has 0 saturated heterocycles. The van der Waals surface area contributed by atoms with Gasteiger partial charge in [-0.05, 0) is 42.5 Å².